The Morgan fingerprint density at radius 2 is 1.94 bits per heavy atom. The zero-order valence-corrected chi connectivity index (χ0v) is 10.0. The van der Waals surface area contributed by atoms with Gasteiger partial charge in [0.25, 0.3) is 0 Å². The van der Waals surface area contributed by atoms with E-state index >= 15 is 0 Å². The maximum atomic E-state index is 11.5. The highest BCUT2D eigenvalue weighted by Gasteiger charge is 2.06. The van der Waals surface area contributed by atoms with Crippen molar-refractivity contribution >= 4 is 17.5 Å². The molecule has 5 heteroatoms. The number of aryl methyl sites for hydroxylation is 2. The summed E-state index contributed by atoms with van der Waals surface area (Å²) < 4.78 is 0. The average molecular weight is 235 g/mol. The molecule has 0 unspecified atom stereocenters. The molecule has 0 atom stereocenters. The summed E-state index contributed by atoms with van der Waals surface area (Å²) in [6.45, 7) is 3.72. The van der Waals surface area contributed by atoms with Crippen LogP contribution < -0.4 is 16.4 Å². The van der Waals surface area contributed by atoms with E-state index in [1.54, 1.807) is 0 Å². The van der Waals surface area contributed by atoms with Crippen molar-refractivity contribution in [3.8, 4) is 0 Å². The molecule has 0 aliphatic rings. The van der Waals surface area contributed by atoms with Gasteiger partial charge in [-0.1, -0.05) is 17.7 Å². The minimum atomic E-state index is -0.347. The Morgan fingerprint density at radius 3 is 2.53 bits per heavy atom. The molecule has 0 spiro atoms. The van der Waals surface area contributed by atoms with Gasteiger partial charge in [0.2, 0.25) is 11.8 Å². The smallest absolute Gasteiger partial charge is 0.243 e. The number of anilines is 1. The minimum Gasteiger partial charge on any atom is -0.346 e. The molecule has 0 bridgehead atoms. The molecule has 2 amide bonds. The van der Waals surface area contributed by atoms with Crippen LogP contribution in [0.25, 0.3) is 0 Å². The fourth-order valence-electron chi connectivity index (χ4n) is 1.40. The molecule has 0 aliphatic heterocycles. The fourth-order valence-corrected chi connectivity index (χ4v) is 1.40. The molecule has 0 aromatic heterocycles. The first-order valence-corrected chi connectivity index (χ1v) is 5.37. The van der Waals surface area contributed by atoms with Crippen LogP contribution in [0.15, 0.2) is 18.2 Å². The van der Waals surface area contributed by atoms with Crippen molar-refractivity contribution < 1.29 is 9.59 Å². The van der Waals surface area contributed by atoms with E-state index in [9.17, 15) is 9.59 Å². The molecule has 92 valence electrons. The Morgan fingerprint density at radius 1 is 1.24 bits per heavy atom. The molecule has 5 nitrogen and oxygen atoms in total. The van der Waals surface area contributed by atoms with Gasteiger partial charge in [0.05, 0.1) is 13.1 Å². The van der Waals surface area contributed by atoms with E-state index in [1.165, 1.54) is 0 Å². The number of hydrogen-bond acceptors (Lipinski definition) is 3. The summed E-state index contributed by atoms with van der Waals surface area (Å²) >= 11 is 0. The molecule has 0 radical (unpaired) electrons. The van der Waals surface area contributed by atoms with Crippen LogP contribution in [0.4, 0.5) is 5.69 Å². The van der Waals surface area contributed by atoms with Gasteiger partial charge in [-0.25, -0.2) is 0 Å². The fraction of sp³-hybridized carbons (Fsp3) is 0.333. The summed E-state index contributed by atoms with van der Waals surface area (Å²) in [5, 5.41) is 5.13. The molecular weight excluding hydrogens is 218 g/mol. The van der Waals surface area contributed by atoms with E-state index in [0.717, 1.165) is 16.8 Å². The predicted octanol–water partition coefficient (Wildman–Crippen LogP) is 0.317. The third-order valence-corrected chi connectivity index (χ3v) is 2.29. The normalized spacial score (nSPS) is 9.82. The van der Waals surface area contributed by atoms with Crippen LogP contribution >= 0.6 is 0 Å². The van der Waals surface area contributed by atoms with Gasteiger partial charge in [0, 0.05) is 5.69 Å². The number of carbonyl (C=O) groups excluding carboxylic acids is 2. The number of benzene rings is 1. The molecule has 17 heavy (non-hydrogen) atoms. The number of nitrogens with one attached hydrogen (secondary N) is 2. The SMILES string of the molecule is Cc1ccc(NC(=O)CNC(=O)CN)c(C)c1. The monoisotopic (exact) mass is 235 g/mol. The molecule has 1 aromatic carbocycles. The molecule has 0 saturated carbocycles. The molecule has 0 saturated heterocycles. The van der Waals surface area contributed by atoms with Crippen molar-refractivity contribution in [1.29, 1.82) is 0 Å². The summed E-state index contributed by atoms with van der Waals surface area (Å²) in [6, 6.07) is 5.74. The number of carbonyl (C=O) groups is 2. The lowest BCUT2D eigenvalue weighted by Crippen LogP contribution is -2.36. The van der Waals surface area contributed by atoms with Crippen molar-refractivity contribution in [2.24, 2.45) is 5.73 Å². The largest absolute Gasteiger partial charge is 0.346 e. The third kappa shape index (κ3) is 4.24. The van der Waals surface area contributed by atoms with Crippen molar-refractivity contribution in [1.82, 2.24) is 5.32 Å². The van der Waals surface area contributed by atoms with Crippen LogP contribution in [0.5, 0.6) is 0 Å². The van der Waals surface area contributed by atoms with Gasteiger partial charge >= 0.3 is 0 Å². The third-order valence-electron chi connectivity index (χ3n) is 2.29. The standard InChI is InChI=1S/C12H17N3O2/c1-8-3-4-10(9(2)5-8)15-12(17)7-14-11(16)6-13/h3-5H,6-7,13H2,1-2H3,(H,14,16)(H,15,17). The van der Waals surface area contributed by atoms with Crippen molar-refractivity contribution in [2.75, 3.05) is 18.4 Å². The second-order valence-corrected chi connectivity index (χ2v) is 3.85. The topological polar surface area (TPSA) is 84.2 Å². The number of rotatable bonds is 4. The predicted molar refractivity (Wildman–Crippen MR) is 66.6 cm³/mol. The molecule has 4 N–H and O–H groups in total. The zero-order chi connectivity index (χ0) is 12.8. The van der Waals surface area contributed by atoms with Crippen molar-refractivity contribution in [3.05, 3.63) is 29.3 Å². The van der Waals surface area contributed by atoms with Gasteiger partial charge in [-0.3, -0.25) is 9.59 Å². The number of nitrogens with two attached hydrogens (primary N) is 1. The molecule has 0 aliphatic carbocycles. The molecule has 1 rings (SSSR count). The van der Waals surface area contributed by atoms with Crippen LogP contribution in [0.3, 0.4) is 0 Å². The van der Waals surface area contributed by atoms with E-state index in [1.807, 2.05) is 32.0 Å². The Labute approximate surface area is 100 Å². The van der Waals surface area contributed by atoms with Gasteiger partial charge in [-0.2, -0.15) is 0 Å². The Balaban J connectivity index is 2.53. The average Bonchev–Trinajstić information content (AvgIpc) is 2.29. The van der Waals surface area contributed by atoms with E-state index in [-0.39, 0.29) is 24.9 Å². The Hall–Kier alpha value is -1.88. The van der Waals surface area contributed by atoms with Gasteiger partial charge < -0.3 is 16.4 Å². The van der Waals surface area contributed by atoms with Gasteiger partial charge in [-0.05, 0) is 25.5 Å². The first-order valence-electron chi connectivity index (χ1n) is 5.37. The van der Waals surface area contributed by atoms with Crippen LogP contribution in [-0.2, 0) is 9.59 Å². The summed E-state index contributed by atoms with van der Waals surface area (Å²) in [4.78, 5) is 22.4. The number of hydrogen-bond donors (Lipinski definition) is 3. The first kappa shape index (κ1) is 13.2. The molecule has 0 heterocycles. The maximum absolute atomic E-state index is 11.5. The van der Waals surface area contributed by atoms with Crippen molar-refractivity contribution in [2.45, 2.75) is 13.8 Å². The Bertz CT molecular complexity index is 430. The van der Waals surface area contributed by atoms with Crippen LogP contribution in [0.1, 0.15) is 11.1 Å². The molecule has 1 aromatic rings. The summed E-state index contributed by atoms with van der Waals surface area (Å²) in [5.41, 5.74) is 7.99. The zero-order valence-electron chi connectivity index (χ0n) is 10.0. The quantitative estimate of drug-likeness (QED) is 0.702. The summed E-state index contributed by atoms with van der Waals surface area (Å²) in [5.74, 6) is -0.612. The van der Waals surface area contributed by atoms with E-state index in [4.69, 9.17) is 5.73 Å². The summed E-state index contributed by atoms with van der Waals surface area (Å²) in [6.07, 6.45) is 0. The lowest BCUT2D eigenvalue weighted by Gasteiger charge is -2.09. The lowest BCUT2D eigenvalue weighted by molar-refractivity contribution is -0.123. The minimum absolute atomic E-state index is 0.0661. The highest BCUT2D eigenvalue weighted by atomic mass is 16.2. The van der Waals surface area contributed by atoms with Crippen molar-refractivity contribution in [3.63, 3.8) is 0 Å². The summed E-state index contributed by atoms with van der Waals surface area (Å²) in [7, 11) is 0. The van der Waals surface area contributed by atoms with E-state index in [2.05, 4.69) is 10.6 Å². The second-order valence-electron chi connectivity index (χ2n) is 3.85. The highest BCUT2D eigenvalue weighted by Crippen LogP contribution is 2.15. The van der Waals surface area contributed by atoms with Gasteiger partial charge in [0.1, 0.15) is 0 Å². The number of amides is 2. The first-order chi connectivity index (χ1) is 8.02. The Kier molecular flexibility index (Phi) is 4.66. The van der Waals surface area contributed by atoms with Crippen LogP contribution in [0.2, 0.25) is 0 Å². The highest BCUT2D eigenvalue weighted by molar-refractivity contribution is 5.95. The maximum Gasteiger partial charge on any atom is 0.243 e. The van der Waals surface area contributed by atoms with E-state index in [0.29, 0.717) is 0 Å². The van der Waals surface area contributed by atoms with Gasteiger partial charge in [0.15, 0.2) is 0 Å². The van der Waals surface area contributed by atoms with Crippen LogP contribution in [-0.4, -0.2) is 24.9 Å². The van der Waals surface area contributed by atoms with Gasteiger partial charge in [-0.15, -0.1) is 0 Å². The molecular formula is C12H17N3O2. The molecule has 0 fully saturated rings. The second kappa shape index (κ2) is 6.00. The lowest BCUT2D eigenvalue weighted by atomic mass is 10.1. The van der Waals surface area contributed by atoms with Crippen LogP contribution in [0, 0.1) is 13.8 Å². The van der Waals surface area contributed by atoms with E-state index < -0.39 is 0 Å².